The van der Waals surface area contributed by atoms with Crippen molar-refractivity contribution < 1.29 is 17.9 Å². The SMILES string of the molecule is CC1COCCN1c1cc(CS(C)(=O)=O)c2c(n1)c(-c1ccn(C3CCCCO3)n1)nn2C.[B]C. The number of pyridine rings is 1. The zero-order valence-electron chi connectivity index (χ0n) is 20.8. The number of fused-ring (bicyclic) bond motifs is 1. The van der Waals surface area contributed by atoms with E-state index >= 15 is 0 Å². The Morgan fingerprint density at radius 3 is 2.69 bits per heavy atom. The summed E-state index contributed by atoms with van der Waals surface area (Å²) in [6.07, 6.45) is 6.21. The van der Waals surface area contributed by atoms with Crippen LogP contribution in [0.2, 0.25) is 6.82 Å². The fraction of sp³-hybridized carbons (Fsp3) is 0.609. The fourth-order valence-electron chi connectivity index (χ4n) is 4.69. The first-order valence-electron chi connectivity index (χ1n) is 11.9. The number of anilines is 1. The summed E-state index contributed by atoms with van der Waals surface area (Å²) in [6.45, 7) is 6.23. The molecule has 2 radical (unpaired) electrons. The molecule has 10 nitrogen and oxygen atoms in total. The van der Waals surface area contributed by atoms with Gasteiger partial charge in [0, 0.05) is 32.7 Å². The third kappa shape index (κ3) is 5.54. The predicted molar refractivity (Wildman–Crippen MR) is 136 cm³/mol. The molecule has 2 aliphatic heterocycles. The summed E-state index contributed by atoms with van der Waals surface area (Å²) in [5.74, 6) is 0.655. The monoisotopic (exact) mass is 500 g/mol. The number of sulfone groups is 1. The number of morpholine rings is 1. The van der Waals surface area contributed by atoms with Crippen molar-refractivity contribution in [2.45, 2.75) is 51.0 Å². The molecule has 12 heteroatoms. The van der Waals surface area contributed by atoms with Gasteiger partial charge in [-0.25, -0.2) is 18.1 Å². The van der Waals surface area contributed by atoms with Crippen molar-refractivity contribution >= 4 is 34.5 Å². The summed E-state index contributed by atoms with van der Waals surface area (Å²) in [4.78, 5) is 7.14. The molecule has 0 bridgehead atoms. The van der Waals surface area contributed by atoms with Crippen molar-refractivity contribution in [2.24, 2.45) is 7.05 Å². The van der Waals surface area contributed by atoms with E-state index < -0.39 is 9.84 Å². The Morgan fingerprint density at radius 1 is 1.20 bits per heavy atom. The first-order chi connectivity index (χ1) is 16.8. The molecule has 0 aromatic carbocycles. The van der Waals surface area contributed by atoms with Gasteiger partial charge in [-0.05, 0) is 43.9 Å². The molecule has 5 heterocycles. The van der Waals surface area contributed by atoms with E-state index in [9.17, 15) is 8.42 Å². The van der Waals surface area contributed by atoms with Crippen LogP contribution in [0.5, 0.6) is 0 Å². The van der Waals surface area contributed by atoms with Gasteiger partial charge in [0.15, 0.2) is 9.84 Å². The molecule has 2 unspecified atom stereocenters. The van der Waals surface area contributed by atoms with Crippen LogP contribution >= 0.6 is 0 Å². The van der Waals surface area contributed by atoms with Gasteiger partial charge in [0.2, 0.25) is 0 Å². The number of hydrogen-bond donors (Lipinski definition) is 0. The number of aromatic nitrogens is 5. The Bertz CT molecular complexity index is 1270. The van der Waals surface area contributed by atoms with Crippen LogP contribution in [0.15, 0.2) is 18.3 Å². The van der Waals surface area contributed by atoms with Crippen molar-refractivity contribution in [3.8, 4) is 11.4 Å². The molecular weight excluding hydrogens is 467 g/mol. The van der Waals surface area contributed by atoms with Gasteiger partial charge in [0.05, 0.1) is 38.4 Å². The topological polar surface area (TPSA) is 104 Å². The second-order valence-electron chi connectivity index (χ2n) is 9.00. The number of hydrogen-bond acceptors (Lipinski definition) is 8. The van der Waals surface area contributed by atoms with Gasteiger partial charge in [-0.15, -0.1) is 0 Å². The predicted octanol–water partition coefficient (Wildman–Crippen LogP) is 2.50. The highest BCUT2D eigenvalue weighted by molar-refractivity contribution is 7.89. The molecule has 2 aliphatic rings. The van der Waals surface area contributed by atoms with Crippen LogP contribution in [-0.4, -0.2) is 79.5 Å². The normalized spacial score (nSPS) is 21.1. The van der Waals surface area contributed by atoms with Crippen LogP contribution in [0, 0.1) is 0 Å². The minimum Gasteiger partial charge on any atom is -0.377 e. The van der Waals surface area contributed by atoms with Crippen molar-refractivity contribution in [2.75, 3.05) is 37.5 Å². The Morgan fingerprint density at radius 2 is 2.00 bits per heavy atom. The summed E-state index contributed by atoms with van der Waals surface area (Å²) >= 11 is 0. The lowest BCUT2D eigenvalue weighted by molar-refractivity contribution is -0.0393. The largest absolute Gasteiger partial charge is 0.377 e. The highest BCUT2D eigenvalue weighted by atomic mass is 32.2. The van der Waals surface area contributed by atoms with Gasteiger partial charge in [0.25, 0.3) is 0 Å². The van der Waals surface area contributed by atoms with Crippen molar-refractivity contribution in [1.82, 2.24) is 24.5 Å². The Kier molecular flexibility index (Phi) is 7.82. The fourth-order valence-corrected chi connectivity index (χ4v) is 5.47. The minimum absolute atomic E-state index is 0.0685. The molecule has 2 fully saturated rings. The zero-order chi connectivity index (χ0) is 25.2. The van der Waals surface area contributed by atoms with Gasteiger partial charge in [0.1, 0.15) is 29.0 Å². The van der Waals surface area contributed by atoms with Crippen LogP contribution in [-0.2, 0) is 32.1 Å². The zero-order valence-corrected chi connectivity index (χ0v) is 21.7. The molecule has 0 spiro atoms. The first-order valence-corrected chi connectivity index (χ1v) is 14.0. The highest BCUT2D eigenvalue weighted by Crippen LogP contribution is 2.33. The molecule has 2 atom stereocenters. The molecule has 188 valence electrons. The van der Waals surface area contributed by atoms with E-state index in [0.717, 1.165) is 31.7 Å². The second kappa shape index (κ2) is 10.7. The molecule has 0 saturated carbocycles. The second-order valence-corrected chi connectivity index (χ2v) is 11.1. The third-order valence-corrected chi connectivity index (χ3v) is 7.07. The van der Waals surface area contributed by atoms with Crippen molar-refractivity contribution in [1.29, 1.82) is 0 Å². The van der Waals surface area contributed by atoms with Crippen molar-refractivity contribution in [3.05, 3.63) is 23.9 Å². The van der Waals surface area contributed by atoms with Gasteiger partial charge in [-0.1, -0.05) is 6.82 Å². The highest BCUT2D eigenvalue weighted by Gasteiger charge is 2.26. The number of ether oxygens (including phenoxy) is 2. The third-order valence-electron chi connectivity index (χ3n) is 6.24. The first kappa shape index (κ1) is 25.7. The van der Waals surface area contributed by atoms with E-state index in [0.29, 0.717) is 47.7 Å². The number of rotatable bonds is 5. The molecular formula is C23H33BN6O4S. The molecule has 0 amide bonds. The molecule has 0 aliphatic carbocycles. The quantitative estimate of drug-likeness (QED) is 0.493. The molecule has 5 rings (SSSR count). The Balaban J connectivity index is 0.00000141. The van der Waals surface area contributed by atoms with Gasteiger partial charge >= 0.3 is 0 Å². The van der Waals surface area contributed by atoms with Crippen LogP contribution in [0.25, 0.3) is 22.4 Å². The number of aryl methyl sites for hydroxylation is 1. The maximum Gasteiger partial charge on any atom is 0.151 e. The maximum absolute atomic E-state index is 12.2. The number of nitrogens with zero attached hydrogens (tertiary/aromatic N) is 6. The van der Waals surface area contributed by atoms with E-state index in [4.69, 9.17) is 24.7 Å². The maximum atomic E-state index is 12.2. The van der Waals surface area contributed by atoms with Gasteiger partial charge in [-0.2, -0.15) is 10.2 Å². The molecule has 3 aromatic heterocycles. The Hall–Kier alpha value is -2.44. The van der Waals surface area contributed by atoms with E-state index in [1.54, 1.807) is 4.68 Å². The summed E-state index contributed by atoms with van der Waals surface area (Å²) in [5, 5.41) is 9.47. The molecule has 35 heavy (non-hydrogen) atoms. The smallest absolute Gasteiger partial charge is 0.151 e. The average molecular weight is 500 g/mol. The lowest BCUT2D eigenvalue weighted by Crippen LogP contribution is -2.44. The molecule has 2 saturated heterocycles. The van der Waals surface area contributed by atoms with Crippen LogP contribution in [0.3, 0.4) is 0 Å². The Labute approximate surface area is 207 Å². The average Bonchev–Trinajstić information content (AvgIpc) is 3.45. The van der Waals surface area contributed by atoms with E-state index in [1.165, 1.54) is 13.1 Å². The summed E-state index contributed by atoms with van der Waals surface area (Å²) in [6, 6.07) is 3.94. The van der Waals surface area contributed by atoms with Crippen LogP contribution in [0.1, 0.15) is 38.0 Å². The standard InChI is InChI=1S/C22H30N6O4S.CH3B/c1-15-13-31-11-9-27(15)18-12-16(14-33(3,29)30)22-21(23-18)20(25-26(22)2)17-7-8-28(24-17)19-6-4-5-10-32-19;1-2/h7-8,12,15,19H,4-6,9-11,13-14H2,1-3H3;1H3. The van der Waals surface area contributed by atoms with Gasteiger partial charge < -0.3 is 14.4 Å². The lowest BCUT2D eigenvalue weighted by atomic mass is 10.1. The van der Waals surface area contributed by atoms with E-state index in [2.05, 4.69) is 19.7 Å². The summed E-state index contributed by atoms with van der Waals surface area (Å²) in [5.41, 5.74) is 3.39. The van der Waals surface area contributed by atoms with E-state index in [-0.39, 0.29) is 18.0 Å². The summed E-state index contributed by atoms with van der Waals surface area (Å²) in [7, 11) is 3.06. The van der Waals surface area contributed by atoms with Gasteiger partial charge in [-0.3, -0.25) is 4.68 Å². The minimum atomic E-state index is -3.26. The van der Waals surface area contributed by atoms with Crippen LogP contribution < -0.4 is 4.90 Å². The van der Waals surface area contributed by atoms with Crippen LogP contribution in [0.4, 0.5) is 5.82 Å². The lowest BCUT2D eigenvalue weighted by Gasteiger charge is -2.34. The van der Waals surface area contributed by atoms with Crippen molar-refractivity contribution in [3.63, 3.8) is 0 Å². The molecule has 0 N–H and O–H groups in total. The molecule has 3 aromatic rings. The summed E-state index contributed by atoms with van der Waals surface area (Å²) < 4.78 is 39.5. The van der Waals surface area contributed by atoms with E-state index in [1.807, 2.05) is 30.1 Å².